The Morgan fingerprint density at radius 3 is 2.66 bits per heavy atom. The van der Waals surface area contributed by atoms with E-state index in [-0.39, 0.29) is 11.8 Å². The van der Waals surface area contributed by atoms with Gasteiger partial charge < -0.3 is 16.4 Å². The number of fused-ring (bicyclic) bond motifs is 1. The minimum atomic E-state index is -0.246. The summed E-state index contributed by atoms with van der Waals surface area (Å²) in [7, 11) is 0. The van der Waals surface area contributed by atoms with Crippen molar-refractivity contribution in [1.82, 2.24) is 10.3 Å². The molecular formula is C30H32N4O2S2. The number of nitrogens with two attached hydrogens (primary N) is 1. The summed E-state index contributed by atoms with van der Waals surface area (Å²) in [4.78, 5) is 33.7. The van der Waals surface area contributed by atoms with Crippen molar-refractivity contribution in [1.29, 1.82) is 0 Å². The first-order chi connectivity index (χ1) is 18.3. The number of aryl methyl sites for hydroxylation is 3. The summed E-state index contributed by atoms with van der Waals surface area (Å²) in [5, 5.41) is 8.75. The third-order valence-electron chi connectivity index (χ3n) is 7.01. The molecule has 1 aliphatic carbocycles. The van der Waals surface area contributed by atoms with E-state index in [2.05, 4.69) is 16.7 Å². The highest BCUT2D eigenvalue weighted by molar-refractivity contribution is 7.21. The van der Waals surface area contributed by atoms with Gasteiger partial charge in [-0.1, -0.05) is 35.4 Å². The molecule has 8 heteroatoms. The zero-order valence-corrected chi connectivity index (χ0v) is 23.6. The largest absolute Gasteiger partial charge is 0.397 e. The summed E-state index contributed by atoms with van der Waals surface area (Å²) < 4.78 is 0. The number of pyridine rings is 1. The van der Waals surface area contributed by atoms with Gasteiger partial charge in [0.1, 0.15) is 9.71 Å². The average Bonchev–Trinajstić information content (AvgIpc) is 3.54. The fraction of sp³-hybridized carbons (Fsp3) is 0.300. The van der Waals surface area contributed by atoms with Crippen LogP contribution in [0.2, 0.25) is 0 Å². The molecule has 2 amide bonds. The molecule has 0 radical (unpaired) electrons. The molecule has 0 fully saturated rings. The van der Waals surface area contributed by atoms with E-state index in [0.29, 0.717) is 38.6 Å². The number of nitrogens with one attached hydrogen (secondary N) is 2. The summed E-state index contributed by atoms with van der Waals surface area (Å²) >= 11 is 2.82. The van der Waals surface area contributed by atoms with Gasteiger partial charge in [-0.15, -0.1) is 22.7 Å². The van der Waals surface area contributed by atoms with Crippen molar-refractivity contribution >= 4 is 56.1 Å². The van der Waals surface area contributed by atoms with Crippen molar-refractivity contribution in [3.8, 4) is 10.4 Å². The molecule has 6 nitrogen and oxygen atoms in total. The topological polar surface area (TPSA) is 97.1 Å². The Balaban J connectivity index is 1.52. The van der Waals surface area contributed by atoms with Crippen LogP contribution in [-0.4, -0.2) is 23.3 Å². The number of anilines is 2. The SMILES string of the molecule is Cc1ccc(NC(=O)c2c(C)nc3sc(C(=O)NCCC4=CCCCC4)c(N)c3c2-c2cccs2)c(C)c1. The second-order valence-corrected chi connectivity index (χ2v) is 11.8. The van der Waals surface area contributed by atoms with Crippen molar-refractivity contribution in [3.63, 3.8) is 0 Å². The van der Waals surface area contributed by atoms with Gasteiger partial charge >= 0.3 is 0 Å². The first-order valence-electron chi connectivity index (χ1n) is 12.9. The molecule has 4 aromatic rings. The van der Waals surface area contributed by atoms with Crippen molar-refractivity contribution in [2.75, 3.05) is 17.6 Å². The maximum absolute atomic E-state index is 13.7. The standard InChI is InChI=1S/C30H32N4O2S2/c1-17-11-12-21(18(2)16-17)34-28(35)23-19(3)33-30-25(24(23)22-10-7-15-37-22)26(31)27(38-30)29(36)32-14-13-20-8-5-4-6-9-20/h7-8,10-12,15-16H,4-6,9,13-14,31H2,1-3H3,(H,32,36)(H,34,35). The molecule has 3 aromatic heterocycles. The predicted molar refractivity (Wildman–Crippen MR) is 159 cm³/mol. The smallest absolute Gasteiger partial charge is 0.263 e. The van der Waals surface area contributed by atoms with Crippen LogP contribution >= 0.6 is 22.7 Å². The molecule has 5 rings (SSSR count). The van der Waals surface area contributed by atoms with Gasteiger partial charge in [0, 0.05) is 28.1 Å². The van der Waals surface area contributed by atoms with Crippen LogP contribution in [0.4, 0.5) is 11.4 Å². The monoisotopic (exact) mass is 544 g/mol. The van der Waals surface area contributed by atoms with Crippen LogP contribution in [0, 0.1) is 20.8 Å². The molecule has 3 heterocycles. The second-order valence-electron chi connectivity index (χ2n) is 9.84. The molecule has 0 atom stereocenters. The highest BCUT2D eigenvalue weighted by Crippen LogP contribution is 2.43. The maximum Gasteiger partial charge on any atom is 0.263 e. The molecule has 0 unspecified atom stereocenters. The Labute approximate surface area is 231 Å². The number of carbonyl (C=O) groups excluding carboxylic acids is 2. The first-order valence-corrected chi connectivity index (χ1v) is 14.6. The van der Waals surface area contributed by atoms with Gasteiger partial charge in [-0.05, 0) is 76.0 Å². The Bertz CT molecular complexity index is 1550. The van der Waals surface area contributed by atoms with Crippen molar-refractivity contribution in [2.45, 2.75) is 52.9 Å². The van der Waals surface area contributed by atoms with Gasteiger partial charge in [-0.25, -0.2) is 4.98 Å². The van der Waals surface area contributed by atoms with Gasteiger partial charge in [0.15, 0.2) is 0 Å². The Morgan fingerprint density at radius 1 is 1.11 bits per heavy atom. The predicted octanol–water partition coefficient (Wildman–Crippen LogP) is 7.40. The first kappa shape index (κ1) is 26.1. The van der Waals surface area contributed by atoms with E-state index >= 15 is 0 Å². The second kappa shape index (κ2) is 11.1. The molecular weight excluding hydrogens is 512 g/mol. The zero-order valence-electron chi connectivity index (χ0n) is 21.9. The van der Waals surface area contributed by atoms with Gasteiger partial charge in [-0.2, -0.15) is 0 Å². The number of rotatable bonds is 7. The van der Waals surface area contributed by atoms with E-state index in [1.165, 1.54) is 41.1 Å². The number of aromatic nitrogens is 1. The number of carbonyl (C=O) groups is 2. The summed E-state index contributed by atoms with van der Waals surface area (Å²) in [5.41, 5.74) is 13.1. The van der Waals surface area contributed by atoms with E-state index in [4.69, 9.17) is 10.7 Å². The quantitative estimate of drug-likeness (QED) is 0.211. The summed E-state index contributed by atoms with van der Waals surface area (Å²) in [6, 6.07) is 9.85. The van der Waals surface area contributed by atoms with Crippen LogP contribution in [-0.2, 0) is 0 Å². The van der Waals surface area contributed by atoms with Crippen molar-refractivity contribution < 1.29 is 9.59 Å². The van der Waals surface area contributed by atoms with Gasteiger partial charge in [0.05, 0.1) is 16.9 Å². The van der Waals surface area contributed by atoms with E-state index in [1.807, 2.05) is 56.5 Å². The highest BCUT2D eigenvalue weighted by atomic mass is 32.1. The molecule has 0 spiro atoms. The van der Waals surface area contributed by atoms with Crippen LogP contribution in [0.25, 0.3) is 20.7 Å². The van der Waals surface area contributed by atoms with Crippen LogP contribution in [0.3, 0.4) is 0 Å². The molecule has 38 heavy (non-hydrogen) atoms. The summed E-state index contributed by atoms with van der Waals surface area (Å²) in [6.07, 6.45) is 7.87. The summed E-state index contributed by atoms with van der Waals surface area (Å²) in [6.45, 7) is 6.41. The molecule has 0 bridgehead atoms. The fourth-order valence-corrected chi connectivity index (χ4v) is 6.92. The van der Waals surface area contributed by atoms with E-state index in [1.54, 1.807) is 0 Å². The highest BCUT2D eigenvalue weighted by Gasteiger charge is 2.27. The number of benzene rings is 1. The zero-order chi connectivity index (χ0) is 26.8. The molecule has 4 N–H and O–H groups in total. The third kappa shape index (κ3) is 5.24. The number of allylic oxidation sites excluding steroid dienone is 1. The molecule has 1 aliphatic rings. The van der Waals surface area contributed by atoms with Crippen molar-refractivity contribution in [2.24, 2.45) is 0 Å². The number of thiophene rings is 2. The Hall–Kier alpha value is -3.49. The normalized spacial score (nSPS) is 13.4. The van der Waals surface area contributed by atoms with Crippen LogP contribution < -0.4 is 16.4 Å². The van der Waals surface area contributed by atoms with Crippen LogP contribution in [0.15, 0.2) is 47.4 Å². The molecule has 196 valence electrons. The number of nitrogen functional groups attached to an aromatic ring is 1. The maximum atomic E-state index is 13.7. The summed E-state index contributed by atoms with van der Waals surface area (Å²) in [5.74, 6) is -0.442. The van der Waals surface area contributed by atoms with Crippen LogP contribution in [0.1, 0.15) is 69.0 Å². The number of amides is 2. The minimum absolute atomic E-state index is 0.196. The lowest BCUT2D eigenvalue weighted by atomic mass is 9.97. The third-order valence-corrected chi connectivity index (χ3v) is 8.99. The minimum Gasteiger partial charge on any atom is -0.397 e. The lowest BCUT2D eigenvalue weighted by molar-refractivity contribution is 0.0958. The van der Waals surface area contributed by atoms with E-state index < -0.39 is 0 Å². The van der Waals surface area contributed by atoms with Gasteiger partial charge in [-0.3, -0.25) is 9.59 Å². The van der Waals surface area contributed by atoms with Crippen LogP contribution in [0.5, 0.6) is 0 Å². The lowest BCUT2D eigenvalue weighted by Crippen LogP contribution is -2.24. The van der Waals surface area contributed by atoms with Gasteiger partial charge in [0.25, 0.3) is 11.8 Å². The molecule has 0 aliphatic heterocycles. The molecule has 1 aromatic carbocycles. The lowest BCUT2D eigenvalue weighted by Gasteiger charge is -2.15. The van der Waals surface area contributed by atoms with Crippen molar-refractivity contribution in [3.05, 3.63) is 74.6 Å². The number of nitrogens with zero attached hydrogens (tertiary/aromatic N) is 1. The molecule has 0 saturated heterocycles. The fourth-order valence-electron chi connectivity index (χ4n) is 5.07. The average molecular weight is 545 g/mol. The number of hydrogen-bond acceptors (Lipinski definition) is 6. The Kier molecular flexibility index (Phi) is 7.63. The van der Waals surface area contributed by atoms with E-state index in [0.717, 1.165) is 46.5 Å². The Morgan fingerprint density at radius 2 is 1.95 bits per heavy atom. The molecule has 0 saturated carbocycles. The van der Waals surface area contributed by atoms with E-state index in [9.17, 15) is 9.59 Å². The van der Waals surface area contributed by atoms with Gasteiger partial charge in [0.2, 0.25) is 0 Å². The number of hydrogen-bond donors (Lipinski definition) is 3.